The Morgan fingerprint density at radius 3 is 2.02 bits per heavy atom. The Balaban J connectivity index is 1.67. The zero-order valence-corrected chi connectivity index (χ0v) is 29.5. The normalized spacial score (nSPS) is 35.7. The van der Waals surface area contributed by atoms with E-state index in [-0.39, 0.29) is 53.0 Å². The lowest BCUT2D eigenvalue weighted by atomic mass is 9.39. The summed E-state index contributed by atoms with van der Waals surface area (Å²) in [5.41, 5.74) is -3.03. The molecule has 4 aliphatic rings. The number of Topliss-reactive ketones (excluding diaryl/α,β-unsaturated/α-hetero) is 5. The maximum absolute atomic E-state index is 14.7. The van der Waals surface area contributed by atoms with Gasteiger partial charge in [-0.05, 0) is 107 Å². The number of phenols is 1. The third-order valence-electron chi connectivity index (χ3n) is 11.9. The van der Waals surface area contributed by atoms with Gasteiger partial charge in [0.25, 0.3) is 0 Å². The molecule has 2 saturated carbocycles. The fourth-order valence-electron chi connectivity index (χ4n) is 10.9. The van der Waals surface area contributed by atoms with Crippen molar-refractivity contribution in [1.82, 2.24) is 5.32 Å². The lowest BCUT2D eigenvalue weighted by Crippen LogP contribution is -2.76. The number of rotatable bonds is 5. The van der Waals surface area contributed by atoms with Crippen LogP contribution in [-0.4, -0.2) is 55.8 Å². The van der Waals surface area contributed by atoms with Gasteiger partial charge in [0.05, 0.1) is 11.5 Å². The molecule has 1 aliphatic heterocycles. The number of ketones is 5. The second-order valence-corrected chi connectivity index (χ2v) is 17.7. The van der Waals surface area contributed by atoms with Crippen molar-refractivity contribution in [3.63, 3.8) is 0 Å². The van der Waals surface area contributed by atoms with Crippen LogP contribution in [0.25, 0.3) is 0 Å². The Morgan fingerprint density at radius 2 is 1.52 bits per heavy atom. The molecule has 252 valence electrons. The molecule has 6 atom stereocenters. The zero-order chi connectivity index (χ0) is 34.7. The van der Waals surface area contributed by atoms with E-state index in [9.17, 15) is 34.2 Å². The highest BCUT2D eigenvalue weighted by Gasteiger charge is 2.76. The number of nitrogens with one attached hydrogen (secondary N) is 1. The molecule has 5 rings (SSSR count). The number of piperidine rings is 1. The van der Waals surface area contributed by atoms with E-state index >= 15 is 0 Å². The van der Waals surface area contributed by atoms with Gasteiger partial charge in [0.2, 0.25) is 0 Å². The standard InChI is InChI=1S/C38H53NO7/c1-18(2)23-13-22(12-21-14-34(6,7)39-35(8,9)15-21)29(41)26-24(23)16-36(10)17-37(11)27(19(3)4)30(42)25(20(5)40)32(44)38(37,46)33(45)28(36)31(26)43/h13,18-19,21,25,27-28,39,41,46H,12,14-17H2,1-11H3/t25?,27?,28?,36-,37-,38+/m1/s1. The van der Waals surface area contributed by atoms with Crippen molar-refractivity contribution in [2.45, 2.75) is 131 Å². The fraction of sp³-hybridized carbons (Fsp3) is 0.711. The van der Waals surface area contributed by atoms with E-state index in [1.165, 1.54) is 0 Å². The molecule has 0 radical (unpaired) electrons. The van der Waals surface area contributed by atoms with Gasteiger partial charge in [0.1, 0.15) is 17.5 Å². The molecule has 3 fully saturated rings. The molecule has 1 heterocycles. The third kappa shape index (κ3) is 4.87. The summed E-state index contributed by atoms with van der Waals surface area (Å²) < 4.78 is 0. The smallest absolute Gasteiger partial charge is 0.190 e. The van der Waals surface area contributed by atoms with Gasteiger partial charge < -0.3 is 15.5 Å². The van der Waals surface area contributed by atoms with Crippen LogP contribution in [-0.2, 0) is 32.0 Å². The number of benzene rings is 1. The van der Waals surface area contributed by atoms with Crippen LogP contribution in [0, 0.1) is 40.4 Å². The Bertz CT molecular complexity index is 1540. The van der Waals surface area contributed by atoms with Crippen molar-refractivity contribution in [1.29, 1.82) is 0 Å². The number of carbonyl (C=O) groups excluding carboxylic acids is 5. The average molecular weight is 636 g/mol. The summed E-state index contributed by atoms with van der Waals surface area (Å²) in [6.07, 6.45) is 2.67. The first-order valence-corrected chi connectivity index (χ1v) is 17.0. The molecular formula is C38H53NO7. The van der Waals surface area contributed by atoms with Gasteiger partial charge in [-0.15, -0.1) is 0 Å². The third-order valence-corrected chi connectivity index (χ3v) is 11.9. The van der Waals surface area contributed by atoms with Crippen LogP contribution in [0.3, 0.4) is 0 Å². The van der Waals surface area contributed by atoms with Crippen LogP contribution >= 0.6 is 0 Å². The zero-order valence-electron chi connectivity index (χ0n) is 29.5. The van der Waals surface area contributed by atoms with Crippen LogP contribution in [0.5, 0.6) is 5.75 Å². The first-order valence-electron chi connectivity index (χ1n) is 17.0. The summed E-state index contributed by atoms with van der Waals surface area (Å²) in [7, 11) is 0. The molecule has 8 nitrogen and oxygen atoms in total. The van der Waals surface area contributed by atoms with E-state index in [4.69, 9.17) is 0 Å². The Morgan fingerprint density at radius 1 is 0.957 bits per heavy atom. The average Bonchev–Trinajstić information content (AvgIpc) is 2.85. The molecule has 0 spiro atoms. The van der Waals surface area contributed by atoms with Crippen molar-refractivity contribution in [2.24, 2.45) is 40.4 Å². The fourth-order valence-corrected chi connectivity index (χ4v) is 10.9. The minimum Gasteiger partial charge on any atom is -0.507 e. The van der Waals surface area contributed by atoms with E-state index in [0.29, 0.717) is 17.5 Å². The van der Waals surface area contributed by atoms with Crippen LogP contribution in [0.1, 0.15) is 128 Å². The molecule has 46 heavy (non-hydrogen) atoms. The number of aliphatic hydroxyl groups is 1. The van der Waals surface area contributed by atoms with Crippen molar-refractivity contribution in [3.8, 4) is 5.75 Å². The topological polar surface area (TPSA) is 138 Å². The van der Waals surface area contributed by atoms with Gasteiger partial charge >= 0.3 is 0 Å². The molecule has 0 bridgehead atoms. The molecule has 1 aromatic rings. The summed E-state index contributed by atoms with van der Waals surface area (Å²) in [6, 6.07) is 2.03. The highest BCUT2D eigenvalue weighted by atomic mass is 16.3. The monoisotopic (exact) mass is 635 g/mol. The minimum atomic E-state index is -2.69. The molecule has 0 amide bonds. The van der Waals surface area contributed by atoms with E-state index < -0.39 is 63.1 Å². The molecule has 1 saturated heterocycles. The van der Waals surface area contributed by atoms with Gasteiger partial charge in [0, 0.05) is 22.4 Å². The number of aromatic hydroxyl groups is 1. The van der Waals surface area contributed by atoms with Crippen molar-refractivity contribution in [3.05, 3.63) is 28.3 Å². The maximum Gasteiger partial charge on any atom is 0.190 e. The summed E-state index contributed by atoms with van der Waals surface area (Å²) >= 11 is 0. The molecular weight excluding hydrogens is 582 g/mol. The SMILES string of the molecule is CC(=O)C1C(=O)C(C(C)C)[C@@]2(C)C[C@@]3(C)Cc4c(C(C)C)cc(CC5CC(C)(C)NC(C)(C)C5)c(O)c4C(=O)C3C(=O)[C@@]2(O)C1=O. The van der Waals surface area contributed by atoms with E-state index in [0.717, 1.165) is 25.3 Å². The Hall–Kier alpha value is -2.71. The molecule has 3 unspecified atom stereocenters. The van der Waals surface area contributed by atoms with Crippen molar-refractivity contribution < 1.29 is 34.2 Å². The van der Waals surface area contributed by atoms with Gasteiger partial charge in [-0.25, -0.2) is 0 Å². The summed E-state index contributed by atoms with van der Waals surface area (Å²) in [5, 5.41) is 27.9. The Kier molecular flexibility index (Phi) is 8.01. The molecule has 1 aromatic carbocycles. The summed E-state index contributed by atoms with van der Waals surface area (Å²) in [4.78, 5) is 69.7. The lowest BCUT2D eigenvalue weighted by Gasteiger charge is -2.62. The van der Waals surface area contributed by atoms with Crippen molar-refractivity contribution >= 4 is 28.9 Å². The van der Waals surface area contributed by atoms with Gasteiger partial charge in [-0.3, -0.25) is 24.0 Å². The van der Waals surface area contributed by atoms with E-state index in [1.54, 1.807) is 20.8 Å². The first-order chi connectivity index (χ1) is 20.9. The maximum atomic E-state index is 14.7. The first kappa shape index (κ1) is 34.6. The lowest BCUT2D eigenvalue weighted by molar-refractivity contribution is -0.205. The molecule has 8 heteroatoms. The molecule has 3 N–H and O–H groups in total. The summed E-state index contributed by atoms with van der Waals surface area (Å²) in [6.45, 7) is 20.9. The predicted octanol–water partition coefficient (Wildman–Crippen LogP) is 5.32. The van der Waals surface area contributed by atoms with Crippen LogP contribution in [0.15, 0.2) is 6.07 Å². The van der Waals surface area contributed by atoms with Gasteiger partial charge in [0.15, 0.2) is 28.7 Å². The predicted molar refractivity (Wildman–Crippen MR) is 175 cm³/mol. The molecule has 3 aliphatic carbocycles. The highest BCUT2D eigenvalue weighted by Crippen LogP contribution is 2.64. The highest BCUT2D eigenvalue weighted by molar-refractivity contribution is 6.32. The van der Waals surface area contributed by atoms with E-state index in [1.807, 2.05) is 26.8 Å². The van der Waals surface area contributed by atoms with Crippen LogP contribution < -0.4 is 5.32 Å². The number of phenolic OH excluding ortho intramolecular Hbond substituents is 1. The number of hydrogen-bond donors (Lipinski definition) is 3. The quantitative estimate of drug-likeness (QED) is 0.370. The van der Waals surface area contributed by atoms with Gasteiger partial charge in [-0.1, -0.05) is 47.6 Å². The minimum absolute atomic E-state index is 0.0198. The van der Waals surface area contributed by atoms with E-state index in [2.05, 4.69) is 33.0 Å². The summed E-state index contributed by atoms with van der Waals surface area (Å²) in [5.74, 6) is -8.29. The number of carbonyl (C=O) groups is 5. The van der Waals surface area contributed by atoms with Crippen LogP contribution in [0.2, 0.25) is 0 Å². The molecule has 0 aromatic heterocycles. The second kappa shape index (κ2) is 10.6. The van der Waals surface area contributed by atoms with Crippen molar-refractivity contribution in [2.75, 3.05) is 0 Å². The number of hydrogen-bond acceptors (Lipinski definition) is 8. The number of fused-ring (bicyclic) bond motifs is 3. The largest absolute Gasteiger partial charge is 0.507 e. The Labute approximate surface area is 273 Å². The second-order valence-electron chi connectivity index (χ2n) is 17.7. The van der Waals surface area contributed by atoms with Crippen LogP contribution in [0.4, 0.5) is 0 Å². The van der Waals surface area contributed by atoms with Gasteiger partial charge in [-0.2, -0.15) is 0 Å².